The zero-order valence-corrected chi connectivity index (χ0v) is 14.9. The van der Waals surface area contributed by atoms with E-state index in [0.717, 1.165) is 34.3 Å². The van der Waals surface area contributed by atoms with Crippen molar-refractivity contribution in [2.24, 2.45) is 0 Å². The fourth-order valence-electron chi connectivity index (χ4n) is 2.85. The summed E-state index contributed by atoms with van der Waals surface area (Å²) >= 11 is 3.41. The molecule has 1 heterocycles. The van der Waals surface area contributed by atoms with Crippen molar-refractivity contribution in [3.63, 3.8) is 0 Å². The molecule has 2 amide bonds. The third-order valence-corrected chi connectivity index (χ3v) is 4.53. The normalized spacial score (nSPS) is 14.0. The van der Waals surface area contributed by atoms with Gasteiger partial charge in [-0.15, -0.1) is 0 Å². The van der Waals surface area contributed by atoms with E-state index < -0.39 is 0 Å². The summed E-state index contributed by atoms with van der Waals surface area (Å²) in [6, 6.07) is 15.5. The van der Waals surface area contributed by atoms with Gasteiger partial charge in [0.25, 0.3) is 0 Å². The third-order valence-electron chi connectivity index (χ3n) is 4.04. The smallest absolute Gasteiger partial charge is 0.227 e. The van der Waals surface area contributed by atoms with Gasteiger partial charge in [-0.3, -0.25) is 9.59 Å². The van der Waals surface area contributed by atoms with Crippen LogP contribution in [0.4, 0.5) is 5.69 Å². The van der Waals surface area contributed by atoms with Crippen LogP contribution in [0.25, 0.3) is 0 Å². The molecular formula is C19H19BrN2O2. The Morgan fingerprint density at radius 3 is 2.67 bits per heavy atom. The van der Waals surface area contributed by atoms with Gasteiger partial charge in [-0.2, -0.15) is 0 Å². The summed E-state index contributed by atoms with van der Waals surface area (Å²) in [4.78, 5) is 25.7. The molecule has 1 N–H and O–H groups in total. The third kappa shape index (κ3) is 4.23. The Morgan fingerprint density at radius 2 is 1.92 bits per heavy atom. The van der Waals surface area contributed by atoms with Crippen molar-refractivity contribution in [1.82, 2.24) is 5.32 Å². The topological polar surface area (TPSA) is 49.4 Å². The summed E-state index contributed by atoms with van der Waals surface area (Å²) < 4.78 is 0.968. The molecule has 5 heteroatoms. The summed E-state index contributed by atoms with van der Waals surface area (Å²) in [5.41, 5.74) is 2.88. The first-order chi connectivity index (χ1) is 11.6. The predicted molar refractivity (Wildman–Crippen MR) is 97.7 cm³/mol. The van der Waals surface area contributed by atoms with Crippen LogP contribution in [0, 0.1) is 0 Å². The summed E-state index contributed by atoms with van der Waals surface area (Å²) in [6.07, 6.45) is 1.88. The Bertz CT molecular complexity index is 761. The van der Waals surface area contributed by atoms with E-state index in [1.807, 2.05) is 53.4 Å². The second-order valence-electron chi connectivity index (χ2n) is 5.90. The Hall–Kier alpha value is -2.14. The lowest BCUT2D eigenvalue weighted by molar-refractivity contribution is -0.120. The molecule has 0 bridgehead atoms. The summed E-state index contributed by atoms with van der Waals surface area (Å²) in [7, 11) is 0. The molecule has 1 aliphatic rings. The second kappa shape index (κ2) is 7.62. The molecule has 2 aromatic carbocycles. The molecule has 1 aliphatic heterocycles. The molecule has 0 radical (unpaired) electrons. The zero-order valence-electron chi connectivity index (χ0n) is 13.3. The number of nitrogens with one attached hydrogen (secondary N) is 1. The second-order valence-corrected chi connectivity index (χ2v) is 6.82. The van der Waals surface area contributed by atoms with Crippen molar-refractivity contribution in [3.8, 4) is 0 Å². The SMILES string of the molecule is O=C(Cc1cccc(Br)c1)NCc1cccc(N2CCCC2=O)c1. The molecule has 124 valence electrons. The van der Waals surface area contributed by atoms with Gasteiger partial charge in [0, 0.05) is 29.7 Å². The lowest BCUT2D eigenvalue weighted by Gasteiger charge is -2.16. The van der Waals surface area contributed by atoms with E-state index in [0.29, 0.717) is 19.4 Å². The largest absolute Gasteiger partial charge is 0.352 e. The van der Waals surface area contributed by atoms with Crippen molar-refractivity contribution < 1.29 is 9.59 Å². The van der Waals surface area contributed by atoms with Gasteiger partial charge in [-0.1, -0.05) is 40.2 Å². The van der Waals surface area contributed by atoms with Crippen LogP contribution in [-0.2, 0) is 22.6 Å². The molecule has 3 rings (SSSR count). The van der Waals surface area contributed by atoms with Crippen molar-refractivity contribution in [1.29, 1.82) is 0 Å². The van der Waals surface area contributed by atoms with Crippen molar-refractivity contribution >= 4 is 33.4 Å². The van der Waals surface area contributed by atoms with Crippen molar-refractivity contribution in [3.05, 3.63) is 64.1 Å². The highest BCUT2D eigenvalue weighted by molar-refractivity contribution is 9.10. The number of hydrogen-bond donors (Lipinski definition) is 1. The van der Waals surface area contributed by atoms with E-state index in [2.05, 4.69) is 21.2 Å². The minimum atomic E-state index is -0.0178. The van der Waals surface area contributed by atoms with Crippen LogP contribution in [0.2, 0.25) is 0 Å². The predicted octanol–water partition coefficient (Wildman–Crippen LogP) is 3.43. The summed E-state index contributed by atoms with van der Waals surface area (Å²) in [5, 5.41) is 2.94. The number of hydrogen-bond acceptors (Lipinski definition) is 2. The molecule has 1 fully saturated rings. The average Bonchev–Trinajstić information content (AvgIpc) is 2.99. The van der Waals surface area contributed by atoms with E-state index >= 15 is 0 Å². The highest BCUT2D eigenvalue weighted by Crippen LogP contribution is 2.22. The number of halogens is 1. The lowest BCUT2D eigenvalue weighted by atomic mass is 10.1. The van der Waals surface area contributed by atoms with E-state index in [4.69, 9.17) is 0 Å². The number of benzene rings is 2. The number of carbonyl (C=O) groups is 2. The fourth-order valence-corrected chi connectivity index (χ4v) is 3.30. The van der Waals surface area contributed by atoms with Gasteiger partial charge in [0.15, 0.2) is 0 Å². The highest BCUT2D eigenvalue weighted by atomic mass is 79.9. The fraction of sp³-hybridized carbons (Fsp3) is 0.263. The Balaban J connectivity index is 1.58. The van der Waals surface area contributed by atoms with Crippen molar-refractivity contribution in [2.75, 3.05) is 11.4 Å². The quantitative estimate of drug-likeness (QED) is 0.855. The monoisotopic (exact) mass is 386 g/mol. The first-order valence-electron chi connectivity index (χ1n) is 8.02. The maximum absolute atomic E-state index is 12.1. The first kappa shape index (κ1) is 16.7. The standard InChI is InChI=1S/C19H19BrN2O2/c20-16-6-1-4-14(10-16)12-18(23)21-13-15-5-2-7-17(11-15)22-9-3-8-19(22)24/h1-2,4-7,10-11H,3,8-9,12-13H2,(H,21,23). The molecule has 2 aromatic rings. The molecule has 1 saturated heterocycles. The van der Waals surface area contributed by atoms with Gasteiger partial charge < -0.3 is 10.2 Å². The van der Waals surface area contributed by atoms with Crippen LogP contribution < -0.4 is 10.2 Å². The van der Waals surface area contributed by atoms with Crippen LogP contribution in [-0.4, -0.2) is 18.4 Å². The lowest BCUT2D eigenvalue weighted by Crippen LogP contribution is -2.26. The molecule has 24 heavy (non-hydrogen) atoms. The van der Waals surface area contributed by atoms with Crippen LogP contribution in [0.5, 0.6) is 0 Å². The highest BCUT2D eigenvalue weighted by Gasteiger charge is 2.21. The van der Waals surface area contributed by atoms with Crippen LogP contribution >= 0.6 is 15.9 Å². The summed E-state index contributed by atoms with van der Waals surface area (Å²) in [6.45, 7) is 1.24. The molecule has 0 spiro atoms. The Kier molecular flexibility index (Phi) is 5.30. The van der Waals surface area contributed by atoms with E-state index in [-0.39, 0.29) is 11.8 Å². The van der Waals surface area contributed by atoms with Gasteiger partial charge in [-0.05, 0) is 41.8 Å². The van der Waals surface area contributed by atoms with Crippen LogP contribution in [0.3, 0.4) is 0 Å². The van der Waals surface area contributed by atoms with Gasteiger partial charge in [0.2, 0.25) is 11.8 Å². The van der Waals surface area contributed by atoms with Crippen LogP contribution in [0.1, 0.15) is 24.0 Å². The number of amides is 2. The minimum absolute atomic E-state index is 0.0178. The minimum Gasteiger partial charge on any atom is -0.352 e. The first-order valence-corrected chi connectivity index (χ1v) is 8.81. The van der Waals surface area contributed by atoms with E-state index in [1.54, 1.807) is 0 Å². The summed E-state index contributed by atoms with van der Waals surface area (Å²) in [5.74, 6) is 0.154. The van der Waals surface area contributed by atoms with Crippen molar-refractivity contribution in [2.45, 2.75) is 25.8 Å². The van der Waals surface area contributed by atoms with E-state index in [1.165, 1.54) is 0 Å². The molecule has 0 unspecified atom stereocenters. The molecule has 0 atom stereocenters. The average molecular weight is 387 g/mol. The molecule has 0 aromatic heterocycles. The zero-order chi connectivity index (χ0) is 16.9. The number of anilines is 1. The number of rotatable bonds is 5. The maximum atomic E-state index is 12.1. The van der Waals surface area contributed by atoms with Gasteiger partial charge in [-0.25, -0.2) is 0 Å². The van der Waals surface area contributed by atoms with Gasteiger partial charge in [0.1, 0.15) is 0 Å². The van der Waals surface area contributed by atoms with Crippen LogP contribution in [0.15, 0.2) is 53.0 Å². The molecule has 0 aliphatic carbocycles. The van der Waals surface area contributed by atoms with Gasteiger partial charge >= 0.3 is 0 Å². The Morgan fingerprint density at radius 1 is 1.12 bits per heavy atom. The Labute approximate surface area is 150 Å². The number of nitrogens with zero attached hydrogens (tertiary/aromatic N) is 1. The molecule has 4 nitrogen and oxygen atoms in total. The number of carbonyl (C=O) groups excluding carboxylic acids is 2. The molecular weight excluding hydrogens is 368 g/mol. The van der Waals surface area contributed by atoms with Gasteiger partial charge in [0.05, 0.1) is 6.42 Å². The van der Waals surface area contributed by atoms with E-state index in [9.17, 15) is 9.59 Å². The molecule has 0 saturated carbocycles. The maximum Gasteiger partial charge on any atom is 0.227 e.